The van der Waals surface area contributed by atoms with Crippen molar-refractivity contribution in [3.05, 3.63) is 58.3 Å². The third-order valence-electron chi connectivity index (χ3n) is 3.69. The van der Waals surface area contributed by atoms with E-state index in [4.69, 9.17) is 4.74 Å². The van der Waals surface area contributed by atoms with E-state index in [0.29, 0.717) is 11.4 Å². The molecule has 132 valence electrons. The molecule has 0 aliphatic carbocycles. The first kappa shape index (κ1) is 18.9. The van der Waals surface area contributed by atoms with Crippen molar-refractivity contribution < 1.29 is 19.1 Å². The van der Waals surface area contributed by atoms with Crippen LogP contribution in [0.4, 0.5) is 0 Å². The normalized spacial score (nSPS) is 11.6. The second-order valence-electron chi connectivity index (χ2n) is 5.68. The van der Waals surface area contributed by atoms with Gasteiger partial charge < -0.3 is 10.1 Å². The lowest BCUT2D eigenvalue weighted by Crippen LogP contribution is -2.31. The number of carbonyl (C=O) groups is 3. The number of nitrogens with one attached hydrogen (secondary N) is 1. The molecular weight excluding hydrogens is 338 g/mol. The van der Waals surface area contributed by atoms with Crippen LogP contribution in [0.3, 0.4) is 0 Å². The van der Waals surface area contributed by atoms with Gasteiger partial charge in [0.2, 0.25) is 0 Å². The van der Waals surface area contributed by atoms with Crippen LogP contribution in [0.2, 0.25) is 0 Å². The molecule has 0 saturated heterocycles. The minimum atomic E-state index is -0.545. The summed E-state index contributed by atoms with van der Waals surface area (Å²) in [6.45, 7) is 2.16. The Bertz CT molecular complexity index is 697. The van der Waals surface area contributed by atoms with E-state index in [2.05, 4.69) is 5.32 Å². The Balaban J connectivity index is 1.62. The van der Waals surface area contributed by atoms with Crippen molar-refractivity contribution in [2.24, 2.45) is 0 Å². The van der Waals surface area contributed by atoms with Gasteiger partial charge in [0.1, 0.15) is 0 Å². The predicted molar refractivity (Wildman–Crippen MR) is 96.7 cm³/mol. The quantitative estimate of drug-likeness (QED) is 0.551. The lowest BCUT2D eigenvalue weighted by Gasteiger charge is -2.13. The number of benzene rings is 1. The fourth-order valence-electron chi connectivity index (χ4n) is 2.21. The summed E-state index contributed by atoms with van der Waals surface area (Å²) < 4.78 is 4.91. The zero-order chi connectivity index (χ0) is 18.1. The topological polar surface area (TPSA) is 72.5 Å². The van der Waals surface area contributed by atoms with E-state index in [0.717, 1.165) is 5.56 Å². The second kappa shape index (κ2) is 9.74. The smallest absolute Gasteiger partial charge is 0.306 e. The van der Waals surface area contributed by atoms with Crippen LogP contribution in [0.25, 0.3) is 0 Å². The molecule has 25 heavy (non-hydrogen) atoms. The molecule has 0 radical (unpaired) electrons. The standard InChI is InChI=1S/C19H21NO4S/c1-14(15-6-3-2-4-7-15)12-20-18(22)13-24-19(23)10-9-16(21)17-8-5-11-25-17/h2-8,11,14H,9-10,12-13H2,1H3,(H,20,22)/t14-/m1/s1. The molecule has 0 aliphatic rings. The molecule has 0 aliphatic heterocycles. The van der Waals surface area contributed by atoms with Crippen molar-refractivity contribution in [1.29, 1.82) is 0 Å². The predicted octanol–water partition coefficient (Wildman–Crippen LogP) is 3.17. The van der Waals surface area contributed by atoms with Crippen LogP contribution in [0.1, 0.15) is 40.9 Å². The van der Waals surface area contributed by atoms with Gasteiger partial charge in [-0.15, -0.1) is 11.3 Å². The number of esters is 1. The van der Waals surface area contributed by atoms with Crippen molar-refractivity contribution in [3.63, 3.8) is 0 Å². The zero-order valence-electron chi connectivity index (χ0n) is 14.1. The highest BCUT2D eigenvalue weighted by Crippen LogP contribution is 2.13. The molecule has 1 aromatic heterocycles. The first-order chi connectivity index (χ1) is 12.1. The van der Waals surface area contributed by atoms with Gasteiger partial charge in [-0.3, -0.25) is 14.4 Å². The van der Waals surface area contributed by atoms with Crippen LogP contribution in [-0.2, 0) is 14.3 Å². The first-order valence-electron chi connectivity index (χ1n) is 8.10. The maximum Gasteiger partial charge on any atom is 0.306 e. The molecule has 2 rings (SSSR count). The minimum Gasteiger partial charge on any atom is -0.456 e. The van der Waals surface area contributed by atoms with E-state index in [1.165, 1.54) is 11.3 Å². The molecule has 1 N–H and O–H groups in total. The van der Waals surface area contributed by atoms with Gasteiger partial charge in [0.05, 0.1) is 11.3 Å². The second-order valence-corrected chi connectivity index (χ2v) is 6.62. The minimum absolute atomic E-state index is 0.0234. The Morgan fingerprint density at radius 1 is 1.08 bits per heavy atom. The lowest BCUT2D eigenvalue weighted by atomic mass is 10.0. The van der Waals surface area contributed by atoms with Crippen LogP contribution >= 0.6 is 11.3 Å². The van der Waals surface area contributed by atoms with Gasteiger partial charge in [0.15, 0.2) is 12.4 Å². The van der Waals surface area contributed by atoms with Crippen molar-refractivity contribution >= 4 is 29.0 Å². The highest BCUT2D eigenvalue weighted by Gasteiger charge is 2.13. The largest absolute Gasteiger partial charge is 0.456 e. The van der Waals surface area contributed by atoms with E-state index in [1.807, 2.05) is 42.6 Å². The van der Waals surface area contributed by atoms with Crippen molar-refractivity contribution in [2.75, 3.05) is 13.2 Å². The summed E-state index contributed by atoms with van der Waals surface area (Å²) in [5, 5.41) is 4.55. The van der Waals surface area contributed by atoms with Crippen LogP contribution < -0.4 is 5.32 Å². The van der Waals surface area contributed by atoms with Crippen LogP contribution in [0.5, 0.6) is 0 Å². The molecule has 1 atom stereocenters. The van der Waals surface area contributed by atoms with E-state index in [9.17, 15) is 14.4 Å². The molecule has 1 amide bonds. The number of carbonyl (C=O) groups excluding carboxylic acids is 3. The number of hydrogen-bond donors (Lipinski definition) is 1. The number of thiophene rings is 1. The SMILES string of the molecule is C[C@H](CNC(=O)COC(=O)CCC(=O)c1cccs1)c1ccccc1. The number of rotatable bonds is 9. The molecule has 1 heterocycles. The van der Waals surface area contributed by atoms with E-state index in [-0.39, 0.29) is 37.1 Å². The summed E-state index contributed by atoms with van der Waals surface area (Å²) in [6, 6.07) is 13.4. The van der Waals surface area contributed by atoms with Gasteiger partial charge in [-0.2, -0.15) is 0 Å². The molecule has 0 fully saturated rings. The van der Waals surface area contributed by atoms with Gasteiger partial charge in [-0.05, 0) is 22.9 Å². The molecular formula is C19H21NO4S. The van der Waals surface area contributed by atoms with Gasteiger partial charge >= 0.3 is 5.97 Å². The van der Waals surface area contributed by atoms with Crippen LogP contribution in [-0.4, -0.2) is 30.8 Å². The van der Waals surface area contributed by atoms with E-state index in [1.54, 1.807) is 12.1 Å². The number of amides is 1. The van der Waals surface area contributed by atoms with Gasteiger partial charge in [0, 0.05) is 13.0 Å². The molecule has 0 saturated carbocycles. The van der Waals surface area contributed by atoms with Crippen LogP contribution in [0.15, 0.2) is 47.8 Å². The average Bonchev–Trinajstić information content (AvgIpc) is 3.18. The molecule has 0 spiro atoms. The molecule has 5 nitrogen and oxygen atoms in total. The molecule has 6 heteroatoms. The van der Waals surface area contributed by atoms with E-state index < -0.39 is 5.97 Å². The summed E-state index contributed by atoms with van der Waals surface area (Å²) in [7, 11) is 0. The maximum absolute atomic E-state index is 11.8. The van der Waals surface area contributed by atoms with Gasteiger partial charge in [-0.25, -0.2) is 0 Å². The summed E-state index contributed by atoms with van der Waals surface area (Å²) in [5.74, 6) is -0.811. The number of Topliss-reactive ketones (excluding diaryl/α,β-unsaturated/α-hetero) is 1. The fraction of sp³-hybridized carbons (Fsp3) is 0.316. The van der Waals surface area contributed by atoms with Crippen molar-refractivity contribution in [2.45, 2.75) is 25.7 Å². The van der Waals surface area contributed by atoms with E-state index >= 15 is 0 Å². The van der Waals surface area contributed by atoms with Crippen LogP contribution in [0, 0.1) is 0 Å². The van der Waals surface area contributed by atoms with Gasteiger partial charge in [-0.1, -0.05) is 43.3 Å². The Hall–Kier alpha value is -2.47. The Kier molecular flexibility index (Phi) is 7.35. The third kappa shape index (κ3) is 6.51. The summed E-state index contributed by atoms with van der Waals surface area (Å²) in [5.41, 5.74) is 1.13. The average molecular weight is 359 g/mol. The molecule has 0 unspecified atom stereocenters. The van der Waals surface area contributed by atoms with Gasteiger partial charge in [0.25, 0.3) is 5.91 Å². The molecule has 2 aromatic rings. The summed E-state index contributed by atoms with van der Waals surface area (Å²) in [6.07, 6.45) is 0.0659. The third-order valence-corrected chi connectivity index (χ3v) is 4.60. The Labute approximate surface area is 151 Å². The van der Waals surface area contributed by atoms with Crippen molar-refractivity contribution in [3.8, 4) is 0 Å². The maximum atomic E-state index is 11.8. The highest BCUT2D eigenvalue weighted by atomic mass is 32.1. The summed E-state index contributed by atoms with van der Waals surface area (Å²) in [4.78, 5) is 35.8. The summed E-state index contributed by atoms with van der Waals surface area (Å²) >= 11 is 1.34. The number of hydrogen-bond acceptors (Lipinski definition) is 5. The Morgan fingerprint density at radius 3 is 2.52 bits per heavy atom. The first-order valence-corrected chi connectivity index (χ1v) is 8.98. The Morgan fingerprint density at radius 2 is 1.84 bits per heavy atom. The number of ketones is 1. The lowest BCUT2D eigenvalue weighted by molar-refractivity contribution is -0.148. The monoisotopic (exact) mass is 359 g/mol. The molecule has 1 aromatic carbocycles. The zero-order valence-corrected chi connectivity index (χ0v) is 14.9. The fourth-order valence-corrected chi connectivity index (χ4v) is 2.91. The molecule has 0 bridgehead atoms. The highest BCUT2D eigenvalue weighted by molar-refractivity contribution is 7.12. The number of ether oxygens (including phenoxy) is 1. The van der Waals surface area contributed by atoms with Crippen molar-refractivity contribution in [1.82, 2.24) is 5.32 Å².